The van der Waals surface area contributed by atoms with Gasteiger partial charge in [-0.15, -0.1) is 0 Å². The molecule has 0 aromatic rings. The molecule has 0 aromatic carbocycles. The first-order valence-electron chi connectivity index (χ1n) is 7.47. The van der Waals surface area contributed by atoms with Crippen LogP contribution in [0.4, 0.5) is 0 Å². The van der Waals surface area contributed by atoms with Crippen molar-refractivity contribution < 1.29 is 0 Å². The number of hydrogen-bond acceptors (Lipinski definition) is 0. The van der Waals surface area contributed by atoms with E-state index >= 15 is 0 Å². The lowest BCUT2D eigenvalue weighted by molar-refractivity contribution is 0.451. The van der Waals surface area contributed by atoms with Crippen LogP contribution in [0.1, 0.15) is 87.0 Å². The van der Waals surface area contributed by atoms with E-state index in [0.717, 1.165) is 17.8 Å². The van der Waals surface area contributed by atoms with Crippen LogP contribution in [-0.2, 0) is 0 Å². The van der Waals surface area contributed by atoms with Gasteiger partial charge >= 0.3 is 0 Å². The molecule has 0 spiro atoms. The second kappa shape index (κ2) is 13.1. The smallest absolute Gasteiger partial charge is 0.0420 e. The van der Waals surface area contributed by atoms with E-state index in [1.807, 2.05) is 0 Å². The van der Waals surface area contributed by atoms with E-state index < -0.39 is 0 Å². The Morgan fingerprint density at radius 1 is 0.625 bits per heavy atom. The Morgan fingerprint density at radius 2 is 1.00 bits per heavy atom. The van der Waals surface area contributed by atoms with Gasteiger partial charge in [-0.3, -0.25) is 0 Å². The number of hydrogen-bond donors (Lipinski definition) is 0. The van der Waals surface area contributed by atoms with Crippen molar-refractivity contribution in [3.63, 3.8) is 0 Å². The molecular formula is C16H36. The van der Waals surface area contributed by atoms with Gasteiger partial charge in [-0.1, -0.05) is 87.0 Å². The molecule has 0 aliphatic rings. The Balaban J connectivity index is 0. The van der Waals surface area contributed by atoms with E-state index in [9.17, 15) is 0 Å². The molecule has 0 nitrogen and oxygen atoms in total. The van der Waals surface area contributed by atoms with Crippen LogP contribution in [0.3, 0.4) is 0 Å². The normalized spacial score (nSPS) is 10.9. The second-order valence-electron chi connectivity index (χ2n) is 5.84. The monoisotopic (exact) mass is 228 g/mol. The Labute approximate surface area is 105 Å². The van der Waals surface area contributed by atoms with E-state index in [2.05, 4.69) is 48.5 Å². The Kier molecular flexibility index (Phi) is 15.0. The van der Waals surface area contributed by atoms with Crippen molar-refractivity contribution in [2.75, 3.05) is 0 Å². The molecule has 16 heavy (non-hydrogen) atoms. The summed E-state index contributed by atoms with van der Waals surface area (Å²) in [6.45, 7) is 15.9. The van der Waals surface area contributed by atoms with E-state index in [0.29, 0.717) is 0 Å². The fourth-order valence-corrected chi connectivity index (χ4v) is 1.77. The Bertz CT molecular complexity index is 101. The minimum absolute atomic E-state index is 0.886. The van der Waals surface area contributed by atoms with Crippen LogP contribution < -0.4 is 0 Å². The van der Waals surface area contributed by atoms with Crippen LogP contribution in [0, 0.1) is 17.8 Å². The van der Waals surface area contributed by atoms with Crippen LogP contribution in [0.5, 0.6) is 0 Å². The van der Waals surface area contributed by atoms with Gasteiger partial charge < -0.3 is 0 Å². The van der Waals surface area contributed by atoms with E-state index in [1.165, 1.54) is 38.5 Å². The van der Waals surface area contributed by atoms with Crippen molar-refractivity contribution >= 4 is 0 Å². The van der Waals surface area contributed by atoms with Gasteiger partial charge in [0.05, 0.1) is 0 Å². The minimum atomic E-state index is 0.886. The summed E-state index contributed by atoms with van der Waals surface area (Å²) in [5, 5.41) is 0. The fraction of sp³-hybridized carbons (Fsp3) is 1.00. The average molecular weight is 228 g/mol. The number of rotatable bonds is 7. The van der Waals surface area contributed by atoms with Crippen molar-refractivity contribution in [2.45, 2.75) is 87.0 Å². The standard InChI is InChI=1S/2C8H18/c1-7(2)5-6-8(3)4;1-4-7-8(5-2)6-3/h7-8H,5-6H2,1-4H3;8H,4-7H2,1-3H3. The van der Waals surface area contributed by atoms with Gasteiger partial charge in [0.25, 0.3) is 0 Å². The Morgan fingerprint density at radius 3 is 1.12 bits per heavy atom. The van der Waals surface area contributed by atoms with Crippen LogP contribution in [-0.4, -0.2) is 0 Å². The van der Waals surface area contributed by atoms with Gasteiger partial charge in [-0.25, -0.2) is 0 Å². The summed E-state index contributed by atoms with van der Waals surface area (Å²) >= 11 is 0. The minimum Gasteiger partial charge on any atom is -0.0654 e. The lowest BCUT2D eigenvalue weighted by atomic mass is 9.98. The molecule has 0 aromatic heterocycles. The fourth-order valence-electron chi connectivity index (χ4n) is 1.77. The highest BCUT2D eigenvalue weighted by atomic mass is 14.0. The van der Waals surface area contributed by atoms with Crippen molar-refractivity contribution in [3.8, 4) is 0 Å². The molecule has 0 N–H and O–H groups in total. The topological polar surface area (TPSA) is 0 Å². The molecule has 0 aliphatic heterocycles. The molecule has 0 bridgehead atoms. The molecule has 100 valence electrons. The van der Waals surface area contributed by atoms with Gasteiger partial charge in [-0.05, 0) is 17.8 Å². The maximum Gasteiger partial charge on any atom is -0.0420 e. The first kappa shape index (κ1) is 18.4. The maximum atomic E-state index is 2.28. The summed E-state index contributed by atoms with van der Waals surface area (Å²) in [5.41, 5.74) is 0. The largest absolute Gasteiger partial charge is 0.0654 e. The predicted octanol–water partition coefficient (Wildman–Crippen LogP) is 6.30. The average Bonchev–Trinajstić information content (AvgIpc) is 2.24. The van der Waals surface area contributed by atoms with Crippen LogP contribution in [0.25, 0.3) is 0 Å². The van der Waals surface area contributed by atoms with Crippen molar-refractivity contribution in [2.24, 2.45) is 17.8 Å². The summed E-state index contributed by atoms with van der Waals surface area (Å²) in [5.74, 6) is 2.77. The van der Waals surface area contributed by atoms with Crippen LogP contribution in [0.15, 0.2) is 0 Å². The molecule has 0 saturated heterocycles. The third-order valence-corrected chi connectivity index (χ3v) is 3.17. The Hall–Kier alpha value is 0. The molecular weight excluding hydrogens is 192 g/mol. The van der Waals surface area contributed by atoms with E-state index in [4.69, 9.17) is 0 Å². The lowest BCUT2D eigenvalue weighted by Gasteiger charge is -2.08. The third kappa shape index (κ3) is 16.4. The highest BCUT2D eigenvalue weighted by molar-refractivity contribution is 4.51. The predicted molar refractivity (Wildman–Crippen MR) is 77.9 cm³/mol. The maximum absolute atomic E-state index is 2.28. The molecule has 0 fully saturated rings. The summed E-state index contributed by atoms with van der Waals surface area (Å²) in [4.78, 5) is 0. The van der Waals surface area contributed by atoms with Gasteiger partial charge in [0.1, 0.15) is 0 Å². The molecule has 0 saturated carbocycles. The highest BCUT2D eigenvalue weighted by Gasteiger charge is 1.98. The van der Waals surface area contributed by atoms with E-state index in [1.54, 1.807) is 0 Å². The van der Waals surface area contributed by atoms with E-state index in [-0.39, 0.29) is 0 Å². The second-order valence-corrected chi connectivity index (χ2v) is 5.84. The molecule has 0 unspecified atom stereocenters. The van der Waals surface area contributed by atoms with Crippen molar-refractivity contribution in [1.29, 1.82) is 0 Å². The SMILES string of the molecule is CC(C)CCC(C)C.CCCC(CC)CC. The van der Waals surface area contributed by atoms with Gasteiger partial charge in [0.2, 0.25) is 0 Å². The summed E-state index contributed by atoms with van der Waals surface area (Å²) in [6.07, 6.45) is 8.28. The zero-order valence-electron chi connectivity index (χ0n) is 13.0. The van der Waals surface area contributed by atoms with Gasteiger partial charge in [-0.2, -0.15) is 0 Å². The molecule has 0 aliphatic carbocycles. The zero-order valence-corrected chi connectivity index (χ0v) is 13.0. The van der Waals surface area contributed by atoms with Crippen LogP contribution in [0.2, 0.25) is 0 Å². The van der Waals surface area contributed by atoms with Crippen molar-refractivity contribution in [1.82, 2.24) is 0 Å². The molecule has 0 amide bonds. The zero-order chi connectivity index (χ0) is 13.0. The summed E-state index contributed by atoms with van der Waals surface area (Å²) in [7, 11) is 0. The van der Waals surface area contributed by atoms with Crippen molar-refractivity contribution in [3.05, 3.63) is 0 Å². The summed E-state index contributed by atoms with van der Waals surface area (Å²) in [6, 6.07) is 0. The lowest BCUT2D eigenvalue weighted by Crippen LogP contribution is -1.94. The van der Waals surface area contributed by atoms with Crippen LogP contribution >= 0.6 is 0 Å². The summed E-state index contributed by atoms with van der Waals surface area (Å²) < 4.78 is 0. The molecule has 0 heteroatoms. The molecule has 0 atom stereocenters. The quantitative estimate of drug-likeness (QED) is 0.479. The van der Waals surface area contributed by atoms with Gasteiger partial charge in [0, 0.05) is 0 Å². The highest BCUT2D eigenvalue weighted by Crippen LogP contribution is 2.13. The van der Waals surface area contributed by atoms with Gasteiger partial charge in [0.15, 0.2) is 0 Å². The molecule has 0 radical (unpaired) electrons. The molecule has 0 rings (SSSR count). The molecule has 0 heterocycles. The third-order valence-electron chi connectivity index (χ3n) is 3.17. The first-order valence-corrected chi connectivity index (χ1v) is 7.47. The first-order chi connectivity index (χ1) is 7.47.